The van der Waals surface area contributed by atoms with Crippen LogP contribution in [0.2, 0.25) is 0 Å². The molecule has 7 heteroatoms. The highest BCUT2D eigenvalue weighted by Crippen LogP contribution is 2.27. The van der Waals surface area contributed by atoms with E-state index < -0.39 is 5.97 Å². The Balaban J connectivity index is 1.25. The first kappa shape index (κ1) is 21.4. The number of esters is 1. The molecule has 0 saturated heterocycles. The molecule has 1 heterocycles. The third-order valence-electron chi connectivity index (χ3n) is 5.36. The van der Waals surface area contributed by atoms with Crippen LogP contribution in [0.4, 0.5) is 5.69 Å². The minimum Gasteiger partial charge on any atom is -0.482 e. The van der Waals surface area contributed by atoms with Crippen molar-refractivity contribution in [3.63, 3.8) is 0 Å². The second kappa shape index (κ2) is 9.51. The fraction of sp³-hybridized carbons (Fsp3) is 0.240. The Morgan fingerprint density at radius 3 is 2.72 bits per heavy atom. The molecule has 1 atom stereocenters. The summed E-state index contributed by atoms with van der Waals surface area (Å²) in [6.07, 6.45) is 1.04. The zero-order valence-corrected chi connectivity index (χ0v) is 17.7. The van der Waals surface area contributed by atoms with Gasteiger partial charge in [0.2, 0.25) is 5.91 Å². The van der Waals surface area contributed by atoms with Crippen LogP contribution in [0.15, 0.2) is 60.7 Å². The molecule has 1 aliphatic heterocycles. The van der Waals surface area contributed by atoms with E-state index in [0.717, 1.165) is 27.6 Å². The van der Waals surface area contributed by atoms with Gasteiger partial charge in [-0.1, -0.05) is 42.5 Å². The van der Waals surface area contributed by atoms with Crippen LogP contribution in [0.25, 0.3) is 10.8 Å². The molecule has 164 valence electrons. The monoisotopic (exact) mass is 432 g/mol. The van der Waals surface area contributed by atoms with Crippen LogP contribution in [0.5, 0.6) is 5.75 Å². The number of carbonyl (C=O) groups excluding carboxylic acids is 3. The van der Waals surface area contributed by atoms with E-state index >= 15 is 0 Å². The maximum atomic E-state index is 12.3. The van der Waals surface area contributed by atoms with Crippen LogP contribution in [-0.4, -0.2) is 31.0 Å². The highest BCUT2D eigenvalue weighted by molar-refractivity contribution is 5.94. The van der Waals surface area contributed by atoms with Gasteiger partial charge in [0.05, 0.1) is 6.04 Å². The lowest BCUT2D eigenvalue weighted by molar-refractivity contribution is -0.150. The third kappa shape index (κ3) is 5.06. The molecular weight excluding hydrogens is 408 g/mol. The van der Waals surface area contributed by atoms with E-state index in [1.54, 1.807) is 18.2 Å². The van der Waals surface area contributed by atoms with Gasteiger partial charge in [-0.2, -0.15) is 0 Å². The summed E-state index contributed by atoms with van der Waals surface area (Å²) in [6, 6.07) is 18.9. The Labute approximate surface area is 185 Å². The van der Waals surface area contributed by atoms with Crippen molar-refractivity contribution in [3.8, 4) is 5.75 Å². The van der Waals surface area contributed by atoms with E-state index in [-0.39, 0.29) is 31.1 Å². The second-order valence-corrected chi connectivity index (χ2v) is 7.67. The molecule has 0 bridgehead atoms. The first-order chi connectivity index (χ1) is 15.5. The number of hydrogen-bond acceptors (Lipinski definition) is 5. The molecular formula is C25H24N2O5. The number of hydrogen-bond donors (Lipinski definition) is 2. The minimum absolute atomic E-state index is 0.0113. The van der Waals surface area contributed by atoms with Gasteiger partial charge in [0.25, 0.3) is 5.91 Å². The average Bonchev–Trinajstić information content (AvgIpc) is 2.81. The van der Waals surface area contributed by atoms with Gasteiger partial charge in [-0.15, -0.1) is 0 Å². The Morgan fingerprint density at radius 2 is 1.84 bits per heavy atom. The molecule has 2 amide bonds. The number of fused-ring (bicyclic) bond motifs is 2. The van der Waals surface area contributed by atoms with Crippen LogP contribution in [0, 0.1) is 0 Å². The molecule has 0 fully saturated rings. The quantitative estimate of drug-likeness (QED) is 0.557. The number of aryl methyl sites for hydroxylation is 1. The highest BCUT2D eigenvalue weighted by atomic mass is 16.6. The molecule has 0 aromatic heterocycles. The van der Waals surface area contributed by atoms with Crippen molar-refractivity contribution in [2.24, 2.45) is 0 Å². The molecule has 0 radical (unpaired) electrons. The van der Waals surface area contributed by atoms with Crippen molar-refractivity contribution in [1.82, 2.24) is 5.32 Å². The molecule has 0 saturated carbocycles. The predicted octanol–water partition coefficient (Wildman–Crippen LogP) is 3.52. The van der Waals surface area contributed by atoms with Gasteiger partial charge in [-0.3, -0.25) is 9.59 Å². The summed E-state index contributed by atoms with van der Waals surface area (Å²) in [5, 5.41) is 7.82. The van der Waals surface area contributed by atoms with E-state index in [0.29, 0.717) is 18.6 Å². The SMILES string of the molecule is C[C@H](NC(=O)COC(=O)COc1ccc2c(c1)CCC(=O)N2)c1cccc2ccccc12. The summed E-state index contributed by atoms with van der Waals surface area (Å²) in [7, 11) is 0. The number of anilines is 1. The van der Waals surface area contributed by atoms with Crippen molar-refractivity contribution in [2.45, 2.75) is 25.8 Å². The van der Waals surface area contributed by atoms with Crippen molar-refractivity contribution >= 4 is 34.2 Å². The fourth-order valence-electron chi connectivity index (χ4n) is 3.77. The van der Waals surface area contributed by atoms with Crippen LogP contribution in [-0.2, 0) is 25.5 Å². The zero-order valence-electron chi connectivity index (χ0n) is 17.7. The molecule has 1 aliphatic rings. The van der Waals surface area contributed by atoms with Gasteiger partial charge in [0.1, 0.15) is 5.75 Å². The summed E-state index contributed by atoms with van der Waals surface area (Å²) in [4.78, 5) is 35.7. The maximum Gasteiger partial charge on any atom is 0.344 e. The molecule has 4 rings (SSSR count). The fourth-order valence-corrected chi connectivity index (χ4v) is 3.77. The zero-order chi connectivity index (χ0) is 22.5. The maximum absolute atomic E-state index is 12.3. The first-order valence-corrected chi connectivity index (χ1v) is 10.5. The first-order valence-electron chi connectivity index (χ1n) is 10.5. The Morgan fingerprint density at radius 1 is 1.03 bits per heavy atom. The lowest BCUT2D eigenvalue weighted by atomic mass is 10.00. The smallest absolute Gasteiger partial charge is 0.344 e. The molecule has 0 spiro atoms. The third-order valence-corrected chi connectivity index (χ3v) is 5.36. The molecule has 0 aliphatic carbocycles. The van der Waals surface area contributed by atoms with E-state index in [1.165, 1.54) is 0 Å². The Kier molecular flexibility index (Phi) is 6.35. The molecule has 2 N–H and O–H groups in total. The van der Waals surface area contributed by atoms with Crippen molar-refractivity contribution in [1.29, 1.82) is 0 Å². The van der Waals surface area contributed by atoms with Gasteiger partial charge in [-0.25, -0.2) is 4.79 Å². The van der Waals surface area contributed by atoms with Gasteiger partial charge < -0.3 is 20.1 Å². The number of amides is 2. The summed E-state index contributed by atoms with van der Waals surface area (Å²) in [5.74, 6) is -0.527. The lowest BCUT2D eigenvalue weighted by Crippen LogP contribution is -2.32. The lowest BCUT2D eigenvalue weighted by Gasteiger charge is -2.18. The number of ether oxygens (including phenoxy) is 2. The summed E-state index contributed by atoms with van der Waals surface area (Å²) >= 11 is 0. The second-order valence-electron chi connectivity index (χ2n) is 7.67. The minimum atomic E-state index is -0.635. The van der Waals surface area contributed by atoms with Crippen molar-refractivity contribution in [3.05, 3.63) is 71.8 Å². The molecule has 7 nitrogen and oxygen atoms in total. The van der Waals surface area contributed by atoms with Gasteiger partial charge in [0, 0.05) is 12.1 Å². The van der Waals surface area contributed by atoms with E-state index in [2.05, 4.69) is 10.6 Å². The van der Waals surface area contributed by atoms with E-state index in [1.807, 2.05) is 49.4 Å². The van der Waals surface area contributed by atoms with Crippen molar-refractivity contribution in [2.75, 3.05) is 18.5 Å². The Hall–Kier alpha value is -3.87. The van der Waals surface area contributed by atoms with Crippen LogP contribution in [0.3, 0.4) is 0 Å². The van der Waals surface area contributed by atoms with Crippen LogP contribution >= 0.6 is 0 Å². The normalized spacial score (nSPS) is 13.6. The van der Waals surface area contributed by atoms with E-state index in [4.69, 9.17) is 9.47 Å². The molecule has 32 heavy (non-hydrogen) atoms. The molecule has 0 unspecified atom stereocenters. The number of benzene rings is 3. The molecule has 3 aromatic carbocycles. The standard InChI is InChI=1S/C25H24N2O5/c1-16(20-8-4-6-17-5-2-3-7-21(17)20)26-24(29)14-32-25(30)15-31-19-10-11-22-18(13-19)9-12-23(28)27-22/h2-8,10-11,13,16H,9,12,14-15H2,1H3,(H,26,29)(H,27,28)/t16-/m0/s1. The number of nitrogens with one attached hydrogen (secondary N) is 2. The summed E-state index contributed by atoms with van der Waals surface area (Å²) < 4.78 is 10.5. The topological polar surface area (TPSA) is 93.7 Å². The highest BCUT2D eigenvalue weighted by Gasteiger charge is 2.17. The van der Waals surface area contributed by atoms with Crippen LogP contribution < -0.4 is 15.4 Å². The van der Waals surface area contributed by atoms with Gasteiger partial charge in [-0.05, 0) is 53.4 Å². The largest absolute Gasteiger partial charge is 0.482 e. The predicted molar refractivity (Wildman–Crippen MR) is 120 cm³/mol. The molecule has 3 aromatic rings. The number of carbonyl (C=O) groups is 3. The van der Waals surface area contributed by atoms with Gasteiger partial charge >= 0.3 is 5.97 Å². The average molecular weight is 432 g/mol. The van der Waals surface area contributed by atoms with E-state index in [9.17, 15) is 14.4 Å². The Bertz CT molecular complexity index is 1170. The number of rotatable bonds is 7. The summed E-state index contributed by atoms with van der Waals surface area (Å²) in [6.45, 7) is 1.20. The van der Waals surface area contributed by atoms with Crippen LogP contribution in [0.1, 0.15) is 30.5 Å². The summed E-state index contributed by atoms with van der Waals surface area (Å²) in [5.41, 5.74) is 2.71. The van der Waals surface area contributed by atoms with Gasteiger partial charge in [0.15, 0.2) is 13.2 Å². The van der Waals surface area contributed by atoms with Crippen molar-refractivity contribution < 1.29 is 23.9 Å².